The number of nitrogens with one attached hydrogen (secondary N) is 1. The van der Waals surface area contributed by atoms with Crippen LogP contribution in [0.25, 0.3) is 0 Å². The number of hydrogen-bond donors (Lipinski definition) is 1. The van der Waals surface area contributed by atoms with Crippen LogP contribution in [0.3, 0.4) is 0 Å². The lowest BCUT2D eigenvalue weighted by molar-refractivity contribution is 0.492. The number of nitriles is 2. The van der Waals surface area contributed by atoms with E-state index in [9.17, 15) is 14.0 Å². The molecule has 0 bridgehead atoms. The van der Waals surface area contributed by atoms with E-state index >= 15 is 0 Å². The monoisotopic (exact) mass is 397 g/mol. The molecule has 3 aromatic rings. The second kappa shape index (κ2) is 8.09. The third kappa shape index (κ3) is 4.03. The van der Waals surface area contributed by atoms with Gasteiger partial charge in [-0.15, -0.1) is 0 Å². The second-order valence-corrected chi connectivity index (χ2v) is 6.87. The van der Waals surface area contributed by atoms with E-state index in [1.54, 1.807) is 36.4 Å². The third-order valence-electron chi connectivity index (χ3n) is 3.63. The first kappa shape index (κ1) is 18.7. The van der Waals surface area contributed by atoms with Crippen LogP contribution in [0.5, 0.6) is 0 Å². The number of anilines is 2. The maximum absolute atomic E-state index is 14.2. The Morgan fingerprint density at radius 1 is 0.926 bits per heavy atom. The lowest BCUT2D eigenvalue weighted by Crippen LogP contribution is -1.98. The molecule has 3 nitrogen and oxygen atoms in total. The fraction of sp³-hybridized carbons (Fsp3) is 0. The van der Waals surface area contributed by atoms with Gasteiger partial charge in [0.2, 0.25) is 0 Å². The van der Waals surface area contributed by atoms with E-state index in [-0.39, 0.29) is 21.7 Å². The van der Waals surface area contributed by atoms with Crippen molar-refractivity contribution in [1.82, 2.24) is 0 Å². The highest BCUT2D eigenvalue weighted by Crippen LogP contribution is 2.37. The molecule has 7 heteroatoms. The van der Waals surface area contributed by atoms with Gasteiger partial charge >= 0.3 is 0 Å². The van der Waals surface area contributed by atoms with Gasteiger partial charge in [-0.2, -0.15) is 10.5 Å². The molecule has 1 N–H and O–H groups in total. The first-order chi connectivity index (χ1) is 13.0. The molecule has 0 atom stereocenters. The van der Waals surface area contributed by atoms with Gasteiger partial charge in [0.15, 0.2) is 11.6 Å². The zero-order valence-corrected chi connectivity index (χ0v) is 15.2. The Balaban J connectivity index is 1.99. The molecule has 0 fully saturated rings. The van der Waals surface area contributed by atoms with Gasteiger partial charge in [0, 0.05) is 16.6 Å². The van der Waals surface area contributed by atoms with Gasteiger partial charge in [-0.25, -0.2) is 8.78 Å². The molecule has 3 rings (SSSR count). The molecule has 0 aliphatic rings. The summed E-state index contributed by atoms with van der Waals surface area (Å²) in [5, 5.41) is 21.7. The summed E-state index contributed by atoms with van der Waals surface area (Å²) in [6.07, 6.45) is 0. The van der Waals surface area contributed by atoms with E-state index in [1.165, 1.54) is 12.1 Å². The van der Waals surface area contributed by atoms with Crippen LogP contribution < -0.4 is 5.32 Å². The number of rotatable bonds is 4. The fourth-order valence-electron chi connectivity index (χ4n) is 2.38. The third-order valence-corrected chi connectivity index (χ3v) is 5.16. The van der Waals surface area contributed by atoms with Crippen LogP contribution in [0.2, 0.25) is 5.02 Å². The van der Waals surface area contributed by atoms with Gasteiger partial charge in [-0.1, -0.05) is 41.6 Å². The van der Waals surface area contributed by atoms with Crippen molar-refractivity contribution in [2.24, 2.45) is 0 Å². The normalized spacial score (nSPS) is 10.1. The summed E-state index contributed by atoms with van der Waals surface area (Å²) < 4.78 is 28.3. The number of benzene rings is 3. The van der Waals surface area contributed by atoms with Crippen LogP contribution in [0.15, 0.2) is 64.4 Å². The van der Waals surface area contributed by atoms with E-state index in [0.717, 1.165) is 17.8 Å². The van der Waals surface area contributed by atoms with Gasteiger partial charge in [-0.3, -0.25) is 0 Å². The molecular weight excluding hydrogens is 388 g/mol. The van der Waals surface area contributed by atoms with E-state index < -0.39 is 11.6 Å². The van der Waals surface area contributed by atoms with Crippen LogP contribution in [0.4, 0.5) is 20.2 Å². The molecule has 0 saturated heterocycles. The summed E-state index contributed by atoms with van der Waals surface area (Å²) in [6.45, 7) is 0. The Morgan fingerprint density at radius 3 is 2.41 bits per heavy atom. The Morgan fingerprint density at radius 2 is 1.70 bits per heavy atom. The van der Waals surface area contributed by atoms with Gasteiger partial charge in [0.05, 0.1) is 26.7 Å². The second-order valence-electron chi connectivity index (χ2n) is 5.38. The van der Waals surface area contributed by atoms with Gasteiger partial charge in [0.1, 0.15) is 12.1 Å². The molecule has 0 unspecified atom stereocenters. The number of halogens is 3. The molecule has 0 amide bonds. The van der Waals surface area contributed by atoms with Crippen LogP contribution in [-0.2, 0) is 0 Å². The molecule has 0 radical (unpaired) electrons. The van der Waals surface area contributed by atoms with Crippen molar-refractivity contribution in [2.45, 2.75) is 9.79 Å². The van der Waals surface area contributed by atoms with E-state index in [1.807, 2.05) is 12.1 Å². The van der Waals surface area contributed by atoms with Crippen molar-refractivity contribution < 1.29 is 8.78 Å². The van der Waals surface area contributed by atoms with Crippen LogP contribution in [-0.4, -0.2) is 0 Å². The molecule has 0 aliphatic carbocycles. The molecule has 0 saturated carbocycles. The molecule has 0 spiro atoms. The lowest BCUT2D eigenvalue weighted by atomic mass is 10.1. The molecule has 0 aromatic heterocycles. The van der Waals surface area contributed by atoms with Crippen LogP contribution in [0, 0.1) is 34.3 Å². The van der Waals surface area contributed by atoms with Crippen molar-refractivity contribution in [3.8, 4) is 12.1 Å². The fourth-order valence-corrected chi connectivity index (χ4v) is 3.56. The lowest BCUT2D eigenvalue weighted by Gasteiger charge is -2.12. The first-order valence-electron chi connectivity index (χ1n) is 7.65. The van der Waals surface area contributed by atoms with E-state index in [0.29, 0.717) is 15.6 Å². The summed E-state index contributed by atoms with van der Waals surface area (Å²) in [7, 11) is 0. The largest absolute Gasteiger partial charge is 0.354 e. The minimum atomic E-state index is -1.04. The van der Waals surface area contributed by atoms with Gasteiger partial charge in [-0.05, 0) is 30.3 Å². The highest BCUT2D eigenvalue weighted by Gasteiger charge is 2.15. The minimum Gasteiger partial charge on any atom is -0.354 e. The molecule has 3 aromatic carbocycles. The smallest absolute Gasteiger partial charge is 0.172 e. The van der Waals surface area contributed by atoms with E-state index in [2.05, 4.69) is 5.32 Å². The average Bonchev–Trinajstić information content (AvgIpc) is 2.67. The maximum Gasteiger partial charge on any atom is 0.172 e. The molecule has 132 valence electrons. The molecule has 0 heterocycles. The van der Waals surface area contributed by atoms with Crippen LogP contribution >= 0.6 is 23.4 Å². The van der Waals surface area contributed by atoms with Crippen molar-refractivity contribution >= 4 is 34.7 Å². The van der Waals surface area contributed by atoms with Crippen molar-refractivity contribution in [1.29, 1.82) is 10.5 Å². The molecule has 0 aliphatic heterocycles. The average molecular weight is 398 g/mol. The topological polar surface area (TPSA) is 59.6 Å². The Labute approximate surface area is 163 Å². The zero-order chi connectivity index (χ0) is 19.4. The summed E-state index contributed by atoms with van der Waals surface area (Å²) in [5.74, 6) is -2.03. The minimum absolute atomic E-state index is 0.0422. The summed E-state index contributed by atoms with van der Waals surface area (Å²) >= 11 is 7.08. The standard InChI is InChI=1S/C20H10ClF2N3S/c21-15-5-1-2-7-18(15)27-19-9-13(8-16(22)20(19)23)26-17-6-3-4-12(10-24)14(17)11-25/h1-9,26H. The highest BCUT2D eigenvalue weighted by atomic mass is 35.5. The molecule has 27 heavy (non-hydrogen) atoms. The SMILES string of the molecule is N#Cc1cccc(Nc2cc(F)c(F)c(Sc3ccccc3Cl)c2)c1C#N. The Bertz CT molecular complexity index is 1100. The number of hydrogen-bond acceptors (Lipinski definition) is 4. The summed E-state index contributed by atoms with van der Waals surface area (Å²) in [4.78, 5) is 0.624. The van der Waals surface area contributed by atoms with Gasteiger partial charge < -0.3 is 5.32 Å². The van der Waals surface area contributed by atoms with Gasteiger partial charge in [0.25, 0.3) is 0 Å². The predicted molar refractivity (Wildman–Crippen MR) is 101 cm³/mol. The molecular formula is C20H10ClF2N3S. The Kier molecular flexibility index (Phi) is 5.61. The summed E-state index contributed by atoms with van der Waals surface area (Å²) in [6, 6.07) is 17.8. The number of nitrogens with zero attached hydrogens (tertiary/aromatic N) is 2. The quantitative estimate of drug-likeness (QED) is 0.564. The predicted octanol–water partition coefficient (Wildman–Crippen LogP) is 6.26. The van der Waals surface area contributed by atoms with Crippen molar-refractivity contribution in [2.75, 3.05) is 5.32 Å². The van der Waals surface area contributed by atoms with E-state index in [4.69, 9.17) is 16.9 Å². The first-order valence-corrected chi connectivity index (χ1v) is 8.84. The highest BCUT2D eigenvalue weighted by molar-refractivity contribution is 7.99. The Hall–Kier alpha value is -3.06. The van der Waals surface area contributed by atoms with Crippen molar-refractivity contribution in [3.63, 3.8) is 0 Å². The zero-order valence-electron chi connectivity index (χ0n) is 13.6. The summed E-state index contributed by atoms with van der Waals surface area (Å²) in [5.41, 5.74) is 0.895. The van der Waals surface area contributed by atoms with Crippen molar-refractivity contribution in [3.05, 3.63) is 82.4 Å². The van der Waals surface area contributed by atoms with Crippen LogP contribution in [0.1, 0.15) is 11.1 Å². The maximum atomic E-state index is 14.2.